The molecule has 27 heavy (non-hydrogen) atoms. The minimum absolute atomic E-state index is 0.325. The third-order valence-corrected chi connectivity index (χ3v) is 5.13. The third kappa shape index (κ3) is 7.75. The molecule has 1 aromatic rings. The number of pyridine rings is 1. The molecule has 0 atom stereocenters. The minimum atomic E-state index is 0.325. The highest BCUT2D eigenvalue weighted by Crippen LogP contribution is 2.28. The van der Waals surface area contributed by atoms with Crippen LogP contribution in [0, 0.1) is 5.92 Å². The van der Waals surface area contributed by atoms with Crippen molar-refractivity contribution in [2.45, 2.75) is 64.0 Å². The summed E-state index contributed by atoms with van der Waals surface area (Å²) in [5, 5.41) is 6.69. The maximum atomic E-state index is 6.05. The van der Waals surface area contributed by atoms with Gasteiger partial charge in [0.2, 0.25) is 5.88 Å². The molecular formula is C21H34N4O2. The van der Waals surface area contributed by atoms with Crippen molar-refractivity contribution in [3.63, 3.8) is 0 Å². The van der Waals surface area contributed by atoms with Crippen molar-refractivity contribution in [2.24, 2.45) is 10.9 Å². The van der Waals surface area contributed by atoms with Crippen LogP contribution in [0.15, 0.2) is 23.3 Å². The van der Waals surface area contributed by atoms with Crippen LogP contribution in [0.3, 0.4) is 0 Å². The molecule has 0 saturated heterocycles. The molecule has 2 aliphatic carbocycles. The Kier molecular flexibility index (Phi) is 8.21. The van der Waals surface area contributed by atoms with Gasteiger partial charge in [-0.15, -0.1) is 0 Å². The van der Waals surface area contributed by atoms with E-state index in [1.54, 1.807) is 7.05 Å². The van der Waals surface area contributed by atoms with Gasteiger partial charge in [-0.2, -0.15) is 0 Å². The van der Waals surface area contributed by atoms with Crippen molar-refractivity contribution < 1.29 is 9.47 Å². The van der Waals surface area contributed by atoms with Gasteiger partial charge in [-0.3, -0.25) is 4.99 Å². The summed E-state index contributed by atoms with van der Waals surface area (Å²) in [6.07, 6.45) is 12.0. The number of hydrogen-bond acceptors (Lipinski definition) is 4. The van der Waals surface area contributed by atoms with Crippen molar-refractivity contribution in [1.82, 2.24) is 15.6 Å². The minimum Gasteiger partial charge on any atom is -0.474 e. The highest BCUT2D eigenvalue weighted by Gasteiger charge is 2.20. The molecule has 0 unspecified atom stereocenters. The number of nitrogens with one attached hydrogen (secondary N) is 2. The van der Waals surface area contributed by atoms with Crippen molar-refractivity contribution in [2.75, 3.05) is 26.8 Å². The predicted molar refractivity (Wildman–Crippen MR) is 108 cm³/mol. The Labute approximate surface area is 163 Å². The average molecular weight is 375 g/mol. The number of nitrogens with zero attached hydrogens (tertiary/aromatic N) is 2. The van der Waals surface area contributed by atoms with Crippen LogP contribution in [0.25, 0.3) is 0 Å². The van der Waals surface area contributed by atoms with Crippen molar-refractivity contribution in [3.8, 4) is 5.88 Å². The van der Waals surface area contributed by atoms with E-state index in [0.29, 0.717) is 12.6 Å². The van der Waals surface area contributed by atoms with Crippen molar-refractivity contribution in [3.05, 3.63) is 23.9 Å². The summed E-state index contributed by atoms with van der Waals surface area (Å²) in [6.45, 7) is 3.30. The standard InChI is InChI=1S/C21H34N4O2/c1-22-21(24-11-5-13-26-16-17-8-9-17)25-15-18-10-12-23-20(14-18)27-19-6-3-2-4-7-19/h10,12,14,17,19H,2-9,11,13,15-16H2,1H3,(H2,22,24,25). The van der Waals surface area contributed by atoms with Crippen LogP contribution in [0.5, 0.6) is 5.88 Å². The smallest absolute Gasteiger partial charge is 0.213 e. The maximum absolute atomic E-state index is 6.05. The number of hydrogen-bond donors (Lipinski definition) is 2. The van der Waals surface area contributed by atoms with E-state index in [-0.39, 0.29) is 0 Å². The molecule has 3 rings (SSSR count). The Morgan fingerprint density at radius 2 is 2.04 bits per heavy atom. The Bertz CT molecular complexity index is 583. The lowest BCUT2D eigenvalue weighted by atomic mass is 9.98. The molecule has 2 saturated carbocycles. The van der Waals surface area contributed by atoms with Crippen LogP contribution in [-0.2, 0) is 11.3 Å². The van der Waals surface area contributed by atoms with Crippen LogP contribution in [-0.4, -0.2) is 43.9 Å². The molecule has 0 aliphatic heterocycles. The van der Waals surface area contributed by atoms with E-state index in [0.717, 1.165) is 62.3 Å². The van der Waals surface area contributed by atoms with Gasteiger partial charge in [-0.05, 0) is 62.5 Å². The van der Waals surface area contributed by atoms with Crippen molar-refractivity contribution in [1.29, 1.82) is 0 Å². The summed E-state index contributed by atoms with van der Waals surface area (Å²) < 4.78 is 11.7. The number of aromatic nitrogens is 1. The molecule has 1 aromatic heterocycles. The van der Waals surface area contributed by atoms with Gasteiger partial charge in [0.1, 0.15) is 6.10 Å². The largest absolute Gasteiger partial charge is 0.474 e. The van der Waals surface area contributed by atoms with E-state index >= 15 is 0 Å². The summed E-state index contributed by atoms with van der Waals surface area (Å²) in [4.78, 5) is 8.65. The second kappa shape index (κ2) is 11.1. The second-order valence-electron chi connectivity index (χ2n) is 7.60. The average Bonchev–Trinajstić information content (AvgIpc) is 3.52. The van der Waals surface area contributed by atoms with E-state index in [2.05, 4.69) is 20.6 Å². The highest BCUT2D eigenvalue weighted by atomic mass is 16.5. The topological polar surface area (TPSA) is 67.8 Å². The molecule has 0 aromatic carbocycles. The summed E-state index contributed by atoms with van der Waals surface area (Å²) >= 11 is 0. The normalized spacial score (nSPS) is 18.3. The first-order valence-corrected chi connectivity index (χ1v) is 10.5. The number of ether oxygens (including phenoxy) is 2. The Morgan fingerprint density at radius 1 is 1.19 bits per heavy atom. The zero-order chi connectivity index (χ0) is 18.7. The molecule has 0 spiro atoms. The zero-order valence-electron chi connectivity index (χ0n) is 16.6. The SMILES string of the molecule is CN=C(NCCCOCC1CC1)NCc1ccnc(OC2CCCCC2)c1. The number of guanidine groups is 1. The van der Waals surface area contributed by atoms with Gasteiger partial charge >= 0.3 is 0 Å². The van der Waals surface area contributed by atoms with Crippen LogP contribution in [0.4, 0.5) is 0 Å². The number of rotatable bonds is 10. The molecular weight excluding hydrogens is 340 g/mol. The van der Waals surface area contributed by atoms with Gasteiger partial charge in [0.15, 0.2) is 5.96 Å². The fourth-order valence-corrected chi connectivity index (χ4v) is 3.30. The Balaban J connectivity index is 1.33. The van der Waals surface area contributed by atoms with Gasteiger partial charge in [-0.1, -0.05) is 6.42 Å². The number of aliphatic imine (C=N–C) groups is 1. The van der Waals surface area contributed by atoms with Gasteiger partial charge in [0.25, 0.3) is 0 Å². The Morgan fingerprint density at radius 3 is 2.81 bits per heavy atom. The van der Waals surface area contributed by atoms with E-state index in [1.165, 1.54) is 32.1 Å². The van der Waals surface area contributed by atoms with E-state index in [9.17, 15) is 0 Å². The Hall–Kier alpha value is -1.82. The monoisotopic (exact) mass is 374 g/mol. The molecule has 0 radical (unpaired) electrons. The molecule has 0 bridgehead atoms. The van der Waals surface area contributed by atoms with E-state index in [4.69, 9.17) is 9.47 Å². The van der Waals surface area contributed by atoms with Crippen LogP contribution in [0.2, 0.25) is 0 Å². The van der Waals surface area contributed by atoms with Gasteiger partial charge < -0.3 is 20.1 Å². The first-order valence-electron chi connectivity index (χ1n) is 10.5. The summed E-state index contributed by atoms with van der Waals surface area (Å²) in [5.74, 6) is 2.38. The predicted octanol–water partition coefficient (Wildman–Crippen LogP) is 3.27. The summed E-state index contributed by atoms with van der Waals surface area (Å²) in [5.41, 5.74) is 1.14. The van der Waals surface area contributed by atoms with Crippen LogP contribution >= 0.6 is 0 Å². The van der Waals surface area contributed by atoms with E-state index < -0.39 is 0 Å². The van der Waals surface area contributed by atoms with Gasteiger partial charge in [0, 0.05) is 45.6 Å². The lowest BCUT2D eigenvalue weighted by Crippen LogP contribution is -2.37. The van der Waals surface area contributed by atoms with Crippen LogP contribution < -0.4 is 15.4 Å². The first-order chi connectivity index (χ1) is 13.3. The second-order valence-corrected chi connectivity index (χ2v) is 7.60. The molecule has 2 fully saturated rings. The van der Waals surface area contributed by atoms with Gasteiger partial charge in [-0.25, -0.2) is 4.98 Å². The lowest BCUT2D eigenvalue weighted by molar-refractivity contribution is 0.123. The fourth-order valence-electron chi connectivity index (χ4n) is 3.30. The lowest BCUT2D eigenvalue weighted by Gasteiger charge is -2.22. The summed E-state index contributed by atoms with van der Waals surface area (Å²) in [6, 6.07) is 4.04. The molecule has 6 heteroatoms. The molecule has 2 N–H and O–H groups in total. The fraction of sp³-hybridized carbons (Fsp3) is 0.714. The first kappa shape index (κ1) is 19.9. The van der Waals surface area contributed by atoms with Crippen LogP contribution in [0.1, 0.15) is 56.9 Å². The summed E-state index contributed by atoms with van der Waals surface area (Å²) in [7, 11) is 1.79. The third-order valence-electron chi connectivity index (χ3n) is 5.13. The van der Waals surface area contributed by atoms with E-state index in [1.807, 2.05) is 18.3 Å². The molecule has 1 heterocycles. The maximum Gasteiger partial charge on any atom is 0.213 e. The highest BCUT2D eigenvalue weighted by molar-refractivity contribution is 5.79. The molecule has 2 aliphatic rings. The quantitative estimate of drug-likeness (QED) is 0.374. The molecule has 150 valence electrons. The molecule has 0 amide bonds. The molecule has 6 nitrogen and oxygen atoms in total. The zero-order valence-corrected chi connectivity index (χ0v) is 16.6. The van der Waals surface area contributed by atoms with Gasteiger partial charge in [0.05, 0.1) is 0 Å². The van der Waals surface area contributed by atoms with Crippen molar-refractivity contribution >= 4 is 5.96 Å².